The van der Waals surface area contributed by atoms with Crippen LogP contribution in [-0.2, 0) is 9.59 Å². The highest BCUT2D eigenvalue weighted by molar-refractivity contribution is 5.77. The average Bonchev–Trinajstić information content (AvgIpc) is 2.28. The van der Waals surface area contributed by atoms with E-state index in [1.165, 1.54) is 6.07 Å². The van der Waals surface area contributed by atoms with Crippen molar-refractivity contribution < 1.29 is 19.1 Å². The lowest BCUT2D eigenvalue weighted by Gasteiger charge is -2.14. The van der Waals surface area contributed by atoms with E-state index in [2.05, 4.69) is 5.32 Å². The van der Waals surface area contributed by atoms with Gasteiger partial charge in [-0.2, -0.15) is 0 Å². The van der Waals surface area contributed by atoms with Crippen LogP contribution in [-0.4, -0.2) is 17.0 Å². The Morgan fingerprint density at radius 2 is 2.00 bits per heavy atom. The molecule has 1 amide bonds. The average molecular weight is 253 g/mol. The maximum absolute atomic E-state index is 13.4. The summed E-state index contributed by atoms with van der Waals surface area (Å²) < 4.78 is 13.4. The van der Waals surface area contributed by atoms with E-state index >= 15 is 0 Å². The molecule has 0 heterocycles. The fourth-order valence-corrected chi connectivity index (χ4v) is 1.62. The summed E-state index contributed by atoms with van der Waals surface area (Å²) in [5.74, 6) is -1.56. The molecule has 1 rings (SSSR count). The number of aliphatic carboxylic acids is 1. The Kier molecular flexibility index (Phi) is 5.30. The first-order valence-corrected chi connectivity index (χ1v) is 5.76. The molecule has 1 atom stereocenters. The van der Waals surface area contributed by atoms with Gasteiger partial charge >= 0.3 is 5.97 Å². The van der Waals surface area contributed by atoms with E-state index < -0.39 is 12.0 Å². The molecular weight excluding hydrogens is 237 g/mol. The zero-order valence-electron chi connectivity index (χ0n) is 10.1. The number of amides is 1. The first-order valence-electron chi connectivity index (χ1n) is 5.76. The second-order valence-corrected chi connectivity index (χ2v) is 4.06. The van der Waals surface area contributed by atoms with E-state index in [4.69, 9.17) is 5.11 Å². The number of carbonyl (C=O) groups is 2. The number of hydrogen-bond acceptors (Lipinski definition) is 2. The van der Waals surface area contributed by atoms with Crippen molar-refractivity contribution in [3.05, 3.63) is 35.6 Å². The van der Waals surface area contributed by atoms with Gasteiger partial charge in [-0.25, -0.2) is 4.39 Å². The molecule has 0 aliphatic rings. The summed E-state index contributed by atoms with van der Waals surface area (Å²) in [7, 11) is 0. The fourth-order valence-electron chi connectivity index (χ4n) is 1.62. The third-order valence-electron chi connectivity index (χ3n) is 2.54. The van der Waals surface area contributed by atoms with Gasteiger partial charge in [0.1, 0.15) is 5.82 Å². The van der Waals surface area contributed by atoms with Crippen LogP contribution in [0.5, 0.6) is 0 Å². The highest BCUT2D eigenvalue weighted by Crippen LogP contribution is 2.16. The van der Waals surface area contributed by atoms with Gasteiger partial charge in [-0.05, 0) is 19.4 Å². The molecular formula is C13H16FNO3. The van der Waals surface area contributed by atoms with E-state index in [1.807, 2.05) is 0 Å². The molecule has 0 spiro atoms. The van der Waals surface area contributed by atoms with Crippen molar-refractivity contribution in [2.24, 2.45) is 0 Å². The first-order chi connectivity index (χ1) is 8.50. The van der Waals surface area contributed by atoms with Crippen molar-refractivity contribution in [2.45, 2.75) is 32.2 Å². The van der Waals surface area contributed by atoms with Gasteiger partial charge in [0.05, 0.1) is 6.04 Å². The molecule has 1 aromatic rings. The number of halogens is 1. The van der Waals surface area contributed by atoms with Crippen molar-refractivity contribution in [3.63, 3.8) is 0 Å². The number of carbonyl (C=O) groups excluding carboxylic acids is 1. The molecule has 0 aromatic heterocycles. The lowest BCUT2D eigenvalue weighted by atomic mass is 10.1. The van der Waals surface area contributed by atoms with Crippen LogP contribution >= 0.6 is 0 Å². The summed E-state index contributed by atoms with van der Waals surface area (Å²) in [6.07, 6.45) is 0.373. The molecule has 98 valence electrons. The predicted octanol–water partition coefficient (Wildman–Crippen LogP) is 2.26. The summed E-state index contributed by atoms with van der Waals surface area (Å²) in [4.78, 5) is 21.8. The summed E-state index contributed by atoms with van der Waals surface area (Å²) in [6, 6.07) is 5.80. The highest BCUT2D eigenvalue weighted by Gasteiger charge is 2.13. The summed E-state index contributed by atoms with van der Waals surface area (Å²) in [5, 5.41) is 11.1. The number of rotatable bonds is 6. The second kappa shape index (κ2) is 6.74. The first kappa shape index (κ1) is 14.2. The van der Waals surface area contributed by atoms with Gasteiger partial charge in [0.15, 0.2) is 0 Å². The maximum atomic E-state index is 13.4. The molecule has 5 heteroatoms. The van der Waals surface area contributed by atoms with Crippen LogP contribution in [0.3, 0.4) is 0 Å². The van der Waals surface area contributed by atoms with E-state index in [-0.39, 0.29) is 31.0 Å². The minimum atomic E-state index is -0.926. The molecule has 0 saturated heterocycles. The van der Waals surface area contributed by atoms with E-state index in [1.54, 1.807) is 25.1 Å². The van der Waals surface area contributed by atoms with Crippen molar-refractivity contribution >= 4 is 11.9 Å². The Balaban J connectivity index is 2.45. The Bertz CT molecular complexity index is 434. The number of nitrogens with one attached hydrogen (secondary N) is 1. The number of carboxylic acid groups (broad SMARTS) is 1. The molecule has 2 N–H and O–H groups in total. The Morgan fingerprint density at radius 3 is 2.61 bits per heavy atom. The standard InChI is InChI=1S/C13H16FNO3/c1-9(10-5-2-3-6-11(10)14)15-12(16)7-4-8-13(17)18/h2-3,5-6,9H,4,7-8H2,1H3,(H,15,16)(H,17,18). The third kappa shape index (κ3) is 4.53. The van der Waals surface area contributed by atoms with Crippen molar-refractivity contribution in [2.75, 3.05) is 0 Å². The van der Waals surface area contributed by atoms with Crippen LogP contribution in [0.1, 0.15) is 37.8 Å². The monoisotopic (exact) mass is 253 g/mol. The van der Waals surface area contributed by atoms with E-state index in [0.717, 1.165) is 0 Å². The van der Waals surface area contributed by atoms with Gasteiger partial charge in [-0.1, -0.05) is 18.2 Å². The summed E-state index contributed by atoms with van der Waals surface area (Å²) in [5.41, 5.74) is 0.420. The van der Waals surface area contributed by atoms with Crippen molar-refractivity contribution in [1.29, 1.82) is 0 Å². The molecule has 0 bridgehead atoms. The molecule has 0 fully saturated rings. The largest absolute Gasteiger partial charge is 0.481 e. The van der Waals surface area contributed by atoms with Crippen LogP contribution in [0, 0.1) is 5.82 Å². The van der Waals surface area contributed by atoms with Gasteiger partial charge in [0, 0.05) is 18.4 Å². The number of carboxylic acids is 1. The smallest absolute Gasteiger partial charge is 0.303 e. The van der Waals surface area contributed by atoms with Gasteiger partial charge < -0.3 is 10.4 Å². The van der Waals surface area contributed by atoms with Crippen LogP contribution in [0.4, 0.5) is 4.39 Å². The Labute approximate surface area is 105 Å². The lowest BCUT2D eigenvalue weighted by Crippen LogP contribution is -2.27. The molecule has 0 aliphatic heterocycles. The second-order valence-electron chi connectivity index (χ2n) is 4.06. The molecule has 18 heavy (non-hydrogen) atoms. The topological polar surface area (TPSA) is 66.4 Å². The van der Waals surface area contributed by atoms with Gasteiger partial charge in [0.25, 0.3) is 0 Å². The quantitative estimate of drug-likeness (QED) is 0.817. The zero-order chi connectivity index (χ0) is 13.5. The molecule has 0 saturated carbocycles. The van der Waals surface area contributed by atoms with Crippen LogP contribution in [0.15, 0.2) is 24.3 Å². The minimum absolute atomic E-state index is 0.0402. The molecule has 1 aromatic carbocycles. The normalized spacial score (nSPS) is 11.9. The molecule has 4 nitrogen and oxygen atoms in total. The maximum Gasteiger partial charge on any atom is 0.303 e. The van der Waals surface area contributed by atoms with Crippen LogP contribution < -0.4 is 5.32 Å². The fraction of sp³-hybridized carbons (Fsp3) is 0.385. The van der Waals surface area contributed by atoms with Gasteiger partial charge in [0.2, 0.25) is 5.91 Å². The number of benzene rings is 1. The SMILES string of the molecule is CC(NC(=O)CCCC(=O)O)c1ccccc1F. The third-order valence-corrected chi connectivity index (χ3v) is 2.54. The van der Waals surface area contributed by atoms with E-state index in [9.17, 15) is 14.0 Å². The highest BCUT2D eigenvalue weighted by atomic mass is 19.1. The predicted molar refractivity (Wildman–Crippen MR) is 64.4 cm³/mol. The minimum Gasteiger partial charge on any atom is -0.481 e. The van der Waals surface area contributed by atoms with Crippen molar-refractivity contribution in [3.8, 4) is 0 Å². The van der Waals surface area contributed by atoms with Gasteiger partial charge in [-0.3, -0.25) is 9.59 Å². The summed E-state index contributed by atoms with van der Waals surface area (Å²) >= 11 is 0. The van der Waals surface area contributed by atoms with Crippen LogP contribution in [0.2, 0.25) is 0 Å². The molecule has 0 aliphatic carbocycles. The van der Waals surface area contributed by atoms with Crippen molar-refractivity contribution in [1.82, 2.24) is 5.32 Å². The Morgan fingerprint density at radius 1 is 1.33 bits per heavy atom. The molecule has 0 radical (unpaired) electrons. The zero-order valence-corrected chi connectivity index (χ0v) is 10.1. The molecule has 1 unspecified atom stereocenters. The lowest BCUT2D eigenvalue weighted by molar-refractivity contribution is -0.137. The Hall–Kier alpha value is -1.91. The van der Waals surface area contributed by atoms with Gasteiger partial charge in [-0.15, -0.1) is 0 Å². The summed E-state index contributed by atoms with van der Waals surface area (Å²) in [6.45, 7) is 1.69. The van der Waals surface area contributed by atoms with Crippen LogP contribution in [0.25, 0.3) is 0 Å². The van der Waals surface area contributed by atoms with E-state index in [0.29, 0.717) is 5.56 Å². The number of hydrogen-bond donors (Lipinski definition) is 2.